The van der Waals surface area contributed by atoms with Gasteiger partial charge < -0.3 is 0 Å². The summed E-state index contributed by atoms with van der Waals surface area (Å²) in [5, 5.41) is 1.83. The first-order valence-corrected chi connectivity index (χ1v) is 22.0. The van der Waals surface area contributed by atoms with Gasteiger partial charge in [0.1, 0.15) is 8.35 Å². The largest absolute Gasteiger partial charge is 0.176 e. The molecular weight excluding hydrogens is 436 g/mol. The molecule has 0 aromatic carbocycles. The molecule has 0 saturated heterocycles. The summed E-state index contributed by atoms with van der Waals surface area (Å²) < 4.78 is 0. The van der Waals surface area contributed by atoms with Crippen LogP contribution in [0.1, 0.15) is 125 Å². The molecule has 0 aliphatic rings. The van der Waals surface area contributed by atoms with Crippen molar-refractivity contribution in [1.82, 2.24) is 0 Å². The third kappa shape index (κ3) is 4.50. The molecule has 0 amide bonds. The predicted molar refractivity (Wildman–Crippen MR) is 147 cm³/mol. The number of halogens is 1. The van der Waals surface area contributed by atoms with E-state index in [2.05, 4.69) is 125 Å². The van der Waals surface area contributed by atoms with Gasteiger partial charge in [-0.05, 0) is 30.2 Å². The lowest BCUT2D eigenvalue weighted by atomic mass is 10.2. The second kappa shape index (κ2) is 8.18. The molecule has 0 N–H and O–H groups in total. The van der Waals surface area contributed by atoms with Crippen LogP contribution in [0.15, 0.2) is 0 Å². The summed E-state index contributed by atoms with van der Waals surface area (Å²) in [5.41, 5.74) is 0. The van der Waals surface area contributed by atoms with Gasteiger partial charge in [0.2, 0.25) is 0 Å². The summed E-state index contributed by atoms with van der Waals surface area (Å²) in [6.07, 6.45) is 0. The van der Waals surface area contributed by atoms with Crippen molar-refractivity contribution in [3.63, 3.8) is 0 Å². The van der Waals surface area contributed by atoms with E-state index in [4.69, 9.17) is 11.1 Å². The van der Waals surface area contributed by atoms with Crippen molar-refractivity contribution in [2.75, 3.05) is 0 Å². The van der Waals surface area contributed by atoms with Gasteiger partial charge in [0.05, 0.1) is 15.2 Å². The van der Waals surface area contributed by atoms with Crippen LogP contribution in [0, 0.1) is 0 Å². The fourth-order valence-electron chi connectivity index (χ4n) is 9.42. The Labute approximate surface area is 196 Å². The molecule has 0 fully saturated rings. The van der Waals surface area contributed by atoms with Crippen LogP contribution in [0.4, 0.5) is 0 Å². The van der Waals surface area contributed by atoms with E-state index in [1.165, 1.54) is 0 Å². The molecule has 3 radical (unpaired) electrons. The Kier molecular flexibility index (Phi) is 8.51. The molecule has 0 nitrogen and oxygen atoms in total. The Morgan fingerprint density at radius 2 is 0.552 bits per heavy atom. The van der Waals surface area contributed by atoms with Crippen molar-refractivity contribution in [2.45, 2.75) is 155 Å². The van der Waals surface area contributed by atoms with E-state index in [1.807, 2.05) is 0 Å². The number of hydrogen-bond acceptors (Lipinski definition) is 0. The molecule has 0 spiro atoms. The van der Waals surface area contributed by atoms with Gasteiger partial charge in [-0.15, -0.1) is 0 Å². The molecule has 0 aliphatic heterocycles. The zero-order valence-corrected chi connectivity index (χ0v) is 28.1. The smallest absolute Gasteiger partial charge is 0.149 e. The molecule has 5 heteroatoms. The van der Waals surface area contributed by atoms with E-state index < -0.39 is 22.5 Å². The maximum atomic E-state index is 7.31. The minimum absolute atomic E-state index is 0.305. The van der Waals surface area contributed by atoms with Gasteiger partial charge in [0.25, 0.3) is 0 Å². The molecule has 0 aromatic rings. The van der Waals surface area contributed by atoms with Gasteiger partial charge in [-0.1, -0.05) is 125 Å². The highest BCUT2D eigenvalue weighted by molar-refractivity contribution is 7.82. The Morgan fingerprint density at radius 1 is 0.414 bits per heavy atom. The molecule has 0 saturated carbocycles. The van der Waals surface area contributed by atoms with Crippen LogP contribution in [-0.4, -0.2) is 30.9 Å². The maximum absolute atomic E-state index is 7.31. The van der Waals surface area contributed by atoms with Crippen LogP contribution >= 0.6 is 11.1 Å². The highest BCUT2D eigenvalue weighted by atomic mass is 35.6. The average molecular weight is 490 g/mol. The Morgan fingerprint density at radius 3 is 0.621 bits per heavy atom. The van der Waals surface area contributed by atoms with E-state index in [0.29, 0.717) is 38.6 Å². The predicted octanol–water partition coefficient (Wildman–Crippen LogP) is 9.69. The van der Waals surface area contributed by atoms with E-state index in [-0.39, 0.29) is 0 Å². The summed E-state index contributed by atoms with van der Waals surface area (Å²) in [5.74, 6) is 0. The topological polar surface area (TPSA) is 0 Å². The first-order chi connectivity index (χ1) is 12.2. The van der Waals surface area contributed by atoms with Gasteiger partial charge >= 0.3 is 0 Å². The van der Waals surface area contributed by atoms with Crippen molar-refractivity contribution in [3.05, 3.63) is 0 Å². The van der Waals surface area contributed by atoms with Gasteiger partial charge in [-0.25, -0.2) is 0 Å². The van der Waals surface area contributed by atoms with Crippen molar-refractivity contribution in [2.24, 2.45) is 0 Å². The first kappa shape index (κ1) is 30.2. The molecule has 0 heterocycles. The Bertz CT molecular complexity index is 433. The van der Waals surface area contributed by atoms with Gasteiger partial charge in [-0.3, -0.25) is 0 Å². The summed E-state index contributed by atoms with van der Waals surface area (Å²) in [6.45, 7) is 46.3. The van der Waals surface area contributed by atoms with Crippen LogP contribution in [0.25, 0.3) is 0 Å². The van der Waals surface area contributed by atoms with Crippen LogP contribution in [0.3, 0.4) is 0 Å². The third-order valence-corrected chi connectivity index (χ3v) is 61.7. The van der Waals surface area contributed by atoms with Crippen molar-refractivity contribution in [3.8, 4) is 0 Å². The van der Waals surface area contributed by atoms with Crippen molar-refractivity contribution in [1.29, 1.82) is 0 Å². The monoisotopic (exact) mass is 489 g/mol. The molecule has 0 atom stereocenters. The second-order valence-corrected chi connectivity index (χ2v) is 44.2. The van der Waals surface area contributed by atoms with E-state index in [9.17, 15) is 0 Å². The van der Waals surface area contributed by atoms with Crippen LogP contribution in [0.5, 0.6) is 0 Å². The van der Waals surface area contributed by atoms with Crippen LogP contribution < -0.4 is 0 Å². The zero-order chi connectivity index (χ0) is 24.3. The third-order valence-electron chi connectivity index (χ3n) is 7.59. The summed E-state index contributed by atoms with van der Waals surface area (Å²) in [7, 11) is -4.16. The lowest BCUT2D eigenvalue weighted by Gasteiger charge is -2.72. The molecule has 0 aromatic heterocycles. The van der Waals surface area contributed by atoms with E-state index >= 15 is 0 Å². The standard InChI is InChI=1S/C24H54ClSi4/c1-19(2,3)28(20(4,5)6,21(7,8)9)27(26-25)29(22(10,11)12,23(13,14)15)24(16,17)18/h1-18H3. The quantitative estimate of drug-likeness (QED) is 0.273. The molecule has 0 aliphatic carbocycles. The van der Waals surface area contributed by atoms with E-state index in [0.717, 1.165) is 0 Å². The maximum Gasteiger partial charge on any atom is 0.149 e. The Hall–Kier alpha value is 1.16. The molecular formula is C24H54ClSi4. The molecule has 0 unspecified atom stereocenters. The van der Waals surface area contributed by atoms with E-state index in [1.54, 1.807) is 0 Å². The fourth-order valence-corrected chi connectivity index (χ4v) is 100. The molecule has 0 rings (SSSR count). The minimum Gasteiger partial charge on any atom is -0.176 e. The lowest BCUT2D eigenvalue weighted by Crippen LogP contribution is -2.84. The average Bonchev–Trinajstić information content (AvgIpc) is 2.26. The summed E-state index contributed by atoms with van der Waals surface area (Å²) in [4.78, 5) is 0. The molecule has 29 heavy (non-hydrogen) atoms. The van der Waals surface area contributed by atoms with Gasteiger partial charge in [-0.2, -0.15) is 11.1 Å². The van der Waals surface area contributed by atoms with Gasteiger partial charge in [0, 0.05) is 7.35 Å². The van der Waals surface area contributed by atoms with Crippen LogP contribution in [0.2, 0.25) is 30.2 Å². The van der Waals surface area contributed by atoms with Crippen molar-refractivity contribution < 1.29 is 0 Å². The Balaban J connectivity index is 8.05. The molecule has 173 valence electrons. The summed E-state index contributed by atoms with van der Waals surface area (Å²) in [6, 6.07) is 0. The number of hydrogen-bond donors (Lipinski definition) is 0. The highest BCUT2D eigenvalue weighted by Crippen LogP contribution is 2.71. The minimum atomic E-state index is -1.95. The first-order valence-electron chi connectivity index (χ1n) is 11.4. The SMILES string of the molecule is CC(C)(C)[Si]([Si]([Si]Cl)[Si](C(C)(C)C)(C(C)(C)C)C(C)(C)C)(C(C)(C)C)C(C)(C)C. The van der Waals surface area contributed by atoms with Gasteiger partial charge in [0.15, 0.2) is 0 Å². The summed E-state index contributed by atoms with van der Waals surface area (Å²) >= 11 is 7.31. The normalized spacial score (nSPS) is 16.6. The second-order valence-electron chi connectivity index (χ2n) is 15.5. The fraction of sp³-hybridized carbons (Fsp3) is 1.00. The van der Waals surface area contributed by atoms with Crippen molar-refractivity contribution >= 4 is 42.0 Å². The van der Waals surface area contributed by atoms with Crippen LogP contribution in [-0.2, 0) is 0 Å². The number of rotatable bonds is 3. The zero-order valence-electron chi connectivity index (χ0n) is 23.4. The lowest BCUT2D eigenvalue weighted by molar-refractivity contribution is 0.544. The highest BCUT2D eigenvalue weighted by Gasteiger charge is 2.74. The molecule has 0 bridgehead atoms.